The number of benzene rings is 3. The summed E-state index contributed by atoms with van der Waals surface area (Å²) in [7, 11) is 0. The Morgan fingerprint density at radius 2 is 1.56 bits per heavy atom. The summed E-state index contributed by atoms with van der Waals surface area (Å²) in [5.41, 5.74) is 7.24. The zero-order valence-corrected chi connectivity index (χ0v) is 14.2. The molecule has 0 saturated heterocycles. The molecule has 0 unspecified atom stereocenters. The van der Waals surface area contributed by atoms with Gasteiger partial charge in [0.25, 0.3) is 0 Å². The van der Waals surface area contributed by atoms with Crippen molar-refractivity contribution in [1.29, 1.82) is 0 Å². The fraction of sp³-hybridized carbons (Fsp3) is 0.0870. The standard InChI is InChI=1S/C23H17NO/c1-14-12-15(2)20-18(13-14)24-22(16-8-4-3-5-9-16)23-21(20)17-10-6-7-11-19(17)25-23/h3-13H,1-2H3. The maximum Gasteiger partial charge on any atom is 0.162 e. The molecule has 0 atom stereocenters. The van der Waals surface area contributed by atoms with E-state index in [4.69, 9.17) is 9.40 Å². The molecule has 0 fully saturated rings. The average molecular weight is 323 g/mol. The van der Waals surface area contributed by atoms with E-state index in [1.54, 1.807) is 0 Å². The van der Waals surface area contributed by atoms with E-state index in [1.165, 1.54) is 16.5 Å². The van der Waals surface area contributed by atoms with Gasteiger partial charge >= 0.3 is 0 Å². The molecule has 0 radical (unpaired) electrons. The van der Waals surface area contributed by atoms with Crippen LogP contribution in [0.4, 0.5) is 0 Å². The third-order valence-electron chi connectivity index (χ3n) is 4.80. The number of furan rings is 1. The highest BCUT2D eigenvalue weighted by atomic mass is 16.3. The van der Waals surface area contributed by atoms with Gasteiger partial charge in [0.05, 0.1) is 5.52 Å². The summed E-state index contributed by atoms with van der Waals surface area (Å²) in [6.45, 7) is 4.27. The van der Waals surface area contributed by atoms with Crippen LogP contribution in [0.2, 0.25) is 0 Å². The molecule has 0 bridgehead atoms. The summed E-state index contributed by atoms with van der Waals surface area (Å²) >= 11 is 0. The molecule has 5 aromatic rings. The smallest absolute Gasteiger partial charge is 0.162 e. The molecule has 0 saturated carbocycles. The minimum absolute atomic E-state index is 0.867. The van der Waals surface area contributed by atoms with Crippen LogP contribution in [0.3, 0.4) is 0 Å². The SMILES string of the molecule is Cc1cc(C)c2c(c1)nc(-c1ccccc1)c1oc3ccccc3c12. The number of para-hydroxylation sites is 1. The van der Waals surface area contributed by atoms with Gasteiger partial charge < -0.3 is 4.42 Å². The van der Waals surface area contributed by atoms with E-state index in [2.05, 4.69) is 50.2 Å². The third-order valence-corrected chi connectivity index (χ3v) is 4.80. The first-order valence-corrected chi connectivity index (χ1v) is 8.50. The monoisotopic (exact) mass is 323 g/mol. The molecule has 2 heterocycles. The van der Waals surface area contributed by atoms with Crippen molar-refractivity contribution in [2.45, 2.75) is 13.8 Å². The molecule has 0 aliphatic carbocycles. The van der Waals surface area contributed by atoms with Gasteiger partial charge in [0, 0.05) is 21.7 Å². The van der Waals surface area contributed by atoms with Crippen LogP contribution in [0.5, 0.6) is 0 Å². The second-order valence-electron chi connectivity index (χ2n) is 6.60. The highest BCUT2D eigenvalue weighted by Crippen LogP contribution is 2.40. The molecule has 2 aromatic heterocycles. The number of rotatable bonds is 1. The van der Waals surface area contributed by atoms with Crippen molar-refractivity contribution in [3.05, 3.63) is 77.9 Å². The van der Waals surface area contributed by atoms with E-state index in [9.17, 15) is 0 Å². The van der Waals surface area contributed by atoms with E-state index in [0.717, 1.165) is 38.7 Å². The maximum absolute atomic E-state index is 6.27. The van der Waals surface area contributed by atoms with Gasteiger partial charge in [-0.2, -0.15) is 0 Å². The van der Waals surface area contributed by atoms with Crippen LogP contribution < -0.4 is 0 Å². The fourth-order valence-corrected chi connectivity index (χ4v) is 3.78. The summed E-state index contributed by atoms with van der Waals surface area (Å²) in [6.07, 6.45) is 0. The Kier molecular flexibility index (Phi) is 2.95. The molecule has 2 heteroatoms. The van der Waals surface area contributed by atoms with Gasteiger partial charge in [0.2, 0.25) is 0 Å². The number of fused-ring (bicyclic) bond motifs is 5. The number of hydrogen-bond acceptors (Lipinski definition) is 2. The van der Waals surface area contributed by atoms with E-state index in [-0.39, 0.29) is 0 Å². The highest BCUT2D eigenvalue weighted by Gasteiger charge is 2.18. The minimum atomic E-state index is 0.867. The predicted octanol–water partition coefficient (Wildman–Crippen LogP) is 6.42. The van der Waals surface area contributed by atoms with Crippen LogP contribution in [-0.2, 0) is 0 Å². The number of nitrogens with zero attached hydrogens (tertiary/aromatic N) is 1. The molecule has 25 heavy (non-hydrogen) atoms. The summed E-state index contributed by atoms with van der Waals surface area (Å²) in [5, 5.41) is 3.50. The largest absolute Gasteiger partial charge is 0.454 e. The Hall–Kier alpha value is -3.13. The van der Waals surface area contributed by atoms with Gasteiger partial charge in [-0.15, -0.1) is 0 Å². The maximum atomic E-state index is 6.27. The van der Waals surface area contributed by atoms with Gasteiger partial charge in [-0.25, -0.2) is 4.98 Å². The fourth-order valence-electron chi connectivity index (χ4n) is 3.78. The van der Waals surface area contributed by atoms with Crippen LogP contribution >= 0.6 is 0 Å². The van der Waals surface area contributed by atoms with Crippen LogP contribution in [0.25, 0.3) is 44.1 Å². The molecule has 120 valence electrons. The Morgan fingerprint density at radius 3 is 2.40 bits per heavy atom. The molecule has 0 amide bonds. The lowest BCUT2D eigenvalue weighted by atomic mass is 9.98. The van der Waals surface area contributed by atoms with Gasteiger partial charge in [-0.3, -0.25) is 0 Å². The Bertz CT molecular complexity index is 1250. The molecule has 0 aliphatic heterocycles. The lowest BCUT2D eigenvalue weighted by molar-refractivity contribution is 0.668. The highest BCUT2D eigenvalue weighted by molar-refractivity contribution is 6.21. The molecule has 0 aliphatic rings. The van der Waals surface area contributed by atoms with Gasteiger partial charge in [0.15, 0.2) is 5.58 Å². The Balaban J connectivity index is 2.07. The second-order valence-corrected chi connectivity index (χ2v) is 6.60. The van der Waals surface area contributed by atoms with Crippen molar-refractivity contribution in [2.75, 3.05) is 0 Å². The average Bonchev–Trinajstić information content (AvgIpc) is 3.00. The predicted molar refractivity (Wildman–Crippen MR) is 104 cm³/mol. The topological polar surface area (TPSA) is 26.0 Å². The van der Waals surface area contributed by atoms with Gasteiger partial charge in [-0.05, 0) is 37.1 Å². The molecule has 5 rings (SSSR count). The van der Waals surface area contributed by atoms with E-state index >= 15 is 0 Å². The zero-order chi connectivity index (χ0) is 17.0. The summed E-state index contributed by atoms with van der Waals surface area (Å²) in [5.74, 6) is 0. The van der Waals surface area contributed by atoms with Gasteiger partial charge in [-0.1, -0.05) is 54.6 Å². The van der Waals surface area contributed by atoms with Crippen molar-refractivity contribution in [3.63, 3.8) is 0 Å². The number of hydrogen-bond donors (Lipinski definition) is 0. The van der Waals surface area contributed by atoms with Gasteiger partial charge in [0.1, 0.15) is 11.3 Å². The molecular formula is C23H17NO. The van der Waals surface area contributed by atoms with Crippen LogP contribution in [0, 0.1) is 13.8 Å². The normalized spacial score (nSPS) is 11.6. The first-order valence-electron chi connectivity index (χ1n) is 8.50. The zero-order valence-electron chi connectivity index (χ0n) is 14.2. The van der Waals surface area contributed by atoms with Crippen LogP contribution in [0.1, 0.15) is 11.1 Å². The quantitative estimate of drug-likeness (QED) is 0.356. The molecule has 2 nitrogen and oxygen atoms in total. The van der Waals surface area contributed by atoms with Crippen LogP contribution in [-0.4, -0.2) is 4.98 Å². The van der Waals surface area contributed by atoms with Crippen molar-refractivity contribution < 1.29 is 4.42 Å². The number of aromatic nitrogens is 1. The lowest BCUT2D eigenvalue weighted by Gasteiger charge is -2.09. The van der Waals surface area contributed by atoms with Crippen LogP contribution in [0.15, 0.2) is 71.1 Å². The van der Waals surface area contributed by atoms with Crippen molar-refractivity contribution in [3.8, 4) is 11.3 Å². The first-order chi connectivity index (χ1) is 12.2. The molecule has 3 aromatic carbocycles. The number of pyridine rings is 1. The van der Waals surface area contributed by atoms with Crippen molar-refractivity contribution >= 4 is 32.8 Å². The number of aryl methyl sites for hydroxylation is 2. The summed E-state index contributed by atoms with van der Waals surface area (Å²) in [6, 6.07) is 22.9. The van der Waals surface area contributed by atoms with Crippen molar-refractivity contribution in [1.82, 2.24) is 4.98 Å². The van der Waals surface area contributed by atoms with E-state index in [1.807, 2.05) is 30.3 Å². The minimum Gasteiger partial charge on any atom is -0.454 e. The Labute approximate surface area is 145 Å². The lowest BCUT2D eigenvalue weighted by Crippen LogP contribution is -1.91. The molecule has 0 N–H and O–H groups in total. The Morgan fingerprint density at radius 1 is 0.800 bits per heavy atom. The summed E-state index contributed by atoms with van der Waals surface area (Å²) in [4.78, 5) is 5.00. The molecular weight excluding hydrogens is 306 g/mol. The third kappa shape index (κ3) is 2.07. The van der Waals surface area contributed by atoms with E-state index < -0.39 is 0 Å². The summed E-state index contributed by atoms with van der Waals surface area (Å²) < 4.78 is 6.27. The molecule has 0 spiro atoms. The van der Waals surface area contributed by atoms with E-state index in [0.29, 0.717) is 0 Å². The van der Waals surface area contributed by atoms with Crippen molar-refractivity contribution in [2.24, 2.45) is 0 Å². The second kappa shape index (κ2) is 5.18. The first kappa shape index (κ1) is 14.2.